The molecule has 2 aromatic carbocycles. The maximum atomic E-state index is 13.1. The smallest absolute Gasteiger partial charge is 0.320 e. The van der Waals surface area contributed by atoms with E-state index >= 15 is 0 Å². The summed E-state index contributed by atoms with van der Waals surface area (Å²) in [5, 5.41) is 3.33. The zero-order valence-electron chi connectivity index (χ0n) is 17.8. The highest BCUT2D eigenvalue weighted by Gasteiger charge is 2.63. The van der Waals surface area contributed by atoms with Gasteiger partial charge in [-0.2, -0.15) is 0 Å². The van der Waals surface area contributed by atoms with Crippen molar-refractivity contribution in [2.45, 2.75) is 43.7 Å². The number of aromatic nitrogens is 2. The molecular formula is C25H24N4O3. The second kappa shape index (κ2) is 7.31. The van der Waals surface area contributed by atoms with Crippen molar-refractivity contribution < 1.29 is 14.3 Å². The molecule has 1 spiro atoms. The van der Waals surface area contributed by atoms with Gasteiger partial charge in [0.05, 0.1) is 19.2 Å². The maximum Gasteiger partial charge on any atom is 0.320 e. The van der Waals surface area contributed by atoms with Gasteiger partial charge in [-0.3, -0.25) is 4.90 Å². The van der Waals surface area contributed by atoms with Crippen molar-refractivity contribution in [3.05, 3.63) is 77.9 Å². The Morgan fingerprint density at radius 1 is 1.19 bits per heavy atom. The summed E-state index contributed by atoms with van der Waals surface area (Å²) < 4.78 is 11.3. The van der Waals surface area contributed by atoms with E-state index in [0.717, 1.165) is 36.1 Å². The van der Waals surface area contributed by atoms with E-state index in [1.807, 2.05) is 36.7 Å². The van der Waals surface area contributed by atoms with Gasteiger partial charge in [0.25, 0.3) is 0 Å². The van der Waals surface area contributed by atoms with Crippen LogP contribution in [-0.4, -0.2) is 45.9 Å². The summed E-state index contributed by atoms with van der Waals surface area (Å²) in [7, 11) is 1.65. The molecule has 6 rings (SSSR count). The van der Waals surface area contributed by atoms with E-state index in [4.69, 9.17) is 9.47 Å². The molecule has 0 saturated carbocycles. The predicted octanol–water partition coefficient (Wildman–Crippen LogP) is 3.33. The van der Waals surface area contributed by atoms with Gasteiger partial charge in [-0.15, -0.1) is 0 Å². The number of carbonyl (C=O) groups excluding carboxylic acids is 1. The first-order chi connectivity index (χ1) is 15.7. The lowest BCUT2D eigenvalue weighted by Crippen LogP contribution is -2.64. The number of nitrogens with one attached hydrogen (secondary N) is 1. The number of urea groups is 1. The van der Waals surface area contributed by atoms with Crippen molar-refractivity contribution >= 4 is 6.03 Å². The maximum absolute atomic E-state index is 13.1. The third kappa shape index (κ3) is 3.12. The van der Waals surface area contributed by atoms with Crippen LogP contribution >= 0.6 is 0 Å². The Balaban J connectivity index is 1.23. The first-order valence-electron chi connectivity index (χ1n) is 10.9. The van der Waals surface area contributed by atoms with Crippen molar-refractivity contribution in [1.29, 1.82) is 0 Å². The highest BCUT2D eigenvalue weighted by atomic mass is 16.6. The van der Waals surface area contributed by atoms with Gasteiger partial charge >= 0.3 is 6.03 Å². The topological polar surface area (TPSA) is 79.9 Å². The van der Waals surface area contributed by atoms with Crippen molar-refractivity contribution in [2.75, 3.05) is 7.11 Å². The molecule has 2 saturated heterocycles. The number of rotatable bonds is 4. The van der Waals surface area contributed by atoms with Crippen LogP contribution in [0.15, 0.2) is 61.2 Å². The minimum Gasteiger partial charge on any atom is -0.497 e. The number of nitrogens with zero attached hydrogens (tertiary/aromatic N) is 3. The molecule has 3 atom stereocenters. The van der Waals surface area contributed by atoms with Gasteiger partial charge in [0.15, 0.2) is 6.23 Å². The molecule has 0 radical (unpaired) electrons. The third-order valence-electron chi connectivity index (χ3n) is 6.92. The Bertz CT molecular complexity index is 1170. The summed E-state index contributed by atoms with van der Waals surface area (Å²) >= 11 is 0. The summed E-state index contributed by atoms with van der Waals surface area (Å²) in [4.78, 5) is 23.3. The number of hydrogen-bond donors (Lipinski definition) is 1. The third-order valence-corrected chi connectivity index (χ3v) is 6.92. The Labute approximate surface area is 186 Å². The molecule has 1 aromatic heterocycles. The van der Waals surface area contributed by atoms with E-state index in [1.165, 1.54) is 16.7 Å². The second-order valence-corrected chi connectivity index (χ2v) is 8.76. The largest absolute Gasteiger partial charge is 0.497 e. The van der Waals surface area contributed by atoms with Gasteiger partial charge in [-0.1, -0.05) is 30.3 Å². The molecule has 2 amide bonds. The Morgan fingerprint density at radius 2 is 2.00 bits per heavy atom. The molecule has 3 aromatic rings. The van der Waals surface area contributed by atoms with Crippen molar-refractivity contribution in [1.82, 2.24) is 20.2 Å². The molecule has 1 aliphatic carbocycles. The SMILES string of the molecule is COc1ccc(CN2C(=O)NC3(CCc4c(cccc4-c4cncnc4)C3)C3OC32)cc1. The lowest BCUT2D eigenvalue weighted by Gasteiger charge is -2.43. The van der Waals surface area contributed by atoms with Crippen LogP contribution in [0, 0.1) is 0 Å². The number of carbonyl (C=O) groups is 1. The molecule has 3 heterocycles. The van der Waals surface area contributed by atoms with E-state index < -0.39 is 0 Å². The standard InChI is InChI=1S/C25H24N4O3/c1-31-19-7-5-16(6-8-19)14-29-23-22(32-23)25(28-24(29)30)10-9-21-17(11-25)3-2-4-20(21)18-12-26-15-27-13-18/h2-8,12-13,15,22-23H,9-11,14H2,1H3,(H,28,30). The molecule has 3 aliphatic rings. The molecule has 2 fully saturated rings. The highest BCUT2D eigenvalue weighted by Crippen LogP contribution is 2.47. The number of amides is 2. The van der Waals surface area contributed by atoms with E-state index in [9.17, 15) is 4.79 Å². The summed E-state index contributed by atoms with van der Waals surface area (Å²) in [5.74, 6) is 0.804. The van der Waals surface area contributed by atoms with Crippen LogP contribution in [0.3, 0.4) is 0 Å². The number of benzene rings is 2. The average molecular weight is 428 g/mol. The monoisotopic (exact) mass is 428 g/mol. The van der Waals surface area contributed by atoms with Crippen LogP contribution in [0.5, 0.6) is 5.75 Å². The number of hydrogen-bond acceptors (Lipinski definition) is 5. The molecule has 2 aliphatic heterocycles. The summed E-state index contributed by atoms with van der Waals surface area (Å²) in [5.41, 5.74) is 5.48. The van der Waals surface area contributed by atoms with Crippen molar-refractivity contribution in [2.24, 2.45) is 0 Å². The molecule has 7 heteroatoms. The number of fused-ring (bicyclic) bond motifs is 3. The van der Waals surface area contributed by atoms with Gasteiger partial charge in [0, 0.05) is 18.0 Å². The lowest BCUT2D eigenvalue weighted by molar-refractivity contribution is 0.142. The van der Waals surface area contributed by atoms with Crippen LogP contribution in [0.1, 0.15) is 23.1 Å². The fraction of sp³-hybridized carbons (Fsp3) is 0.320. The van der Waals surface area contributed by atoms with E-state index in [1.54, 1.807) is 18.3 Å². The number of methoxy groups -OCH3 is 1. The molecular weight excluding hydrogens is 404 g/mol. The fourth-order valence-electron chi connectivity index (χ4n) is 5.24. The molecule has 7 nitrogen and oxygen atoms in total. The first-order valence-corrected chi connectivity index (χ1v) is 10.9. The fourth-order valence-corrected chi connectivity index (χ4v) is 5.24. The Hall–Kier alpha value is -3.45. The van der Waals surface area contributed by atoms with Gasteiger partial charge in [0.1, 0.15) is 18.2 Å². The van der Waals surface area contributed by atoms with Crippen LogP contribution in [-0.2, 0) is 24.1 Å². The second-order valence-electron chi connectivity index (χ2n) is 8.76. The molecule has 162 valence electrons. The lowest BCUT2D eigenvalue weighted by atomic mass is 9.73. The first kappa shape index (κ1) is 19.3. The van der Waals surface area contributed by atoms with Gasteiger partial charge in [-0.25, -0.2) is 14.8 Å². The average Bonchev–Trinajstić information content (AvgIpc) is 3.64. The van der Waals surface area contributed by atoms with Crippen molar-refractivity contribution in [3.63, 3.8) is 0 Å². The van der Waals surface area contributed by atoms with Crippen LogP contribution in [0.25, 0.3) is 11.1 Å². The quantitative estimate of drug-likeness (QED) is 0.645. The zero-order chi connectivity index (χ0) is 21.7. The Kier molecular flexibility index (Phi) is 4.40. The van der Waals surface area contributed by atoms with Crippen molar-refractivity contribution in [3.8, 4) is 16.9 Å². The minimum absolute atomic E-state index is 0.00955. The van der Waals surface area contributed by atoms with E-state index in [-0.39, 0.29) is 23.9 Å². The Morgan fingerprint density at radius 3 is 2.78 bits per heavy atom. The molecule has 1 N–H and O–H groups in total. The molecule has 32 heavy (non-hydrogen) atoms. The number of epoxide rings is 1. The zero-order valence-corrected chi connectivity index (χ0v) is 17.8. The van der Waals surface area contributed by atoms with Gasteiger partial charge < -0.3 is 14.8 Å². The van der Waals surface area contributed by atoms with Crippen LogP contribution in [0.4, 0.5) is 4.79 Å². The van der Waals surface area contributed by atoms with Crippen LogP contribution in [0.2, 0.25) is 0 Å². The minimum atomic E-state index is -0.350. The summed E-state index contributed by atoms with van der Waals surface area (Å²) in [6.07, 6.45) is 7.60. The normalized spacial score (nSPS) is 25.7. The highest BCUT2D eigenvalue weighted by molar-refractivity contribution is 5.78. The van der Waals surface area contributed by atoms with E-state index in [0.29, 0.717) is 6.54 Å². The molecule has 0 bridgehead atoms. The van der Waals surface area contributed by atoms with Gasteiger partial charge in [-0.05, 0) is 53.6 Å². The number of ether oxygens (including phenoxy) is 2. The predicted molar refractivity (Wildman–Crippen MR) is 118 cm³/mol. The van der Waals surface area contributed by atoms with Crippen LogP contribution < -0.4 is 10.1 Å². The molecule has 3 unspecified atom stereocenters. The summed E-state index contributed by atoms with van der Waals surface area (Å²) in [6, 6.07) is 14.1. The van der Waals surface area contributed by atoms with E-state index in [2.05, 4.69) is 33.5 Å². The summed E-state index contributed by atoms with van der Waals surface area (Å²) in [6.45, 7) is 0.516. The van der Waals surface area contributed by atoms with Gasteiger partial charge in [0.2, 0.25) is 0 Å².